The number of aryl methyl sites for hydroxylation is 1. The average Bonchev–Trinajstić information content (AvgIpc) is 2.29. The van der Waals surface area contributed by atoms with Crippen LogP contribution in [-0.2, 0) is 22.9 Å². The number of hydrogen-bond acceptors (Lipinski definition) is 4. The predicted octanol–water partition coefficient (Wildman–Crippen LogP) is 1.80. The second-order valence-corrected chi connectivity index (χ2v) is 6.02. The number of alkyl halides is 2. The maximum atomic E-state index is 11.4. The predicted molar refractivity (Wildman–Crippen MR) is 73.3 cm³/mol. The van der Waals surface area contributed by atoms with E-state index in [9.17, 15) is 18.5 Å². The molecular formula is C10H12Cl2N2O4S. The molecule has 1 aromatic rings. The monoisotopic (exact) mass is 326 g/mol. The van der Waals surface area contributed by atoms with E-state index in [1.807, 2.05) is 0 Å². The molecule has 0 spiro atoms. The summed E-state index contributed by atoms with van der Waals surface area (Å²) in [6.45, 7) is 0. The molecule has 0 radical (unpaired) electrons. The van der Waals surface area contributed by atoms with Crippen molar-refractivity contribution in [2.24, 2.45) is 5.14 Å². The van der Waals surface area contributed by atoms with Crippen LogP contribution in [0.4, 0.5) is 5.69 Å². The minimum Gasteiger partial charge on any atom is -0.258 e. The van der Waals surface area contributed by atoms with Gasteiger partial charge in [0.2, 0.25) is 10.0 Å². The fraction of sp³-hybridized carbons (Fsp3) is 0.400. The van der Waals surface area contributed by atoms with Crippen molar-refractivity contribution in [3.05, 3.63) is 33.4 Å². The second-order valence-electron chi connectivity index (χ2n) is 3.73. The first-order chi connectivity index (χ1) is 8.82. The minimum absolute atomic E-state index is 0.129. The molecule has 0 saturated carbocycles. The lowest BCUT2D eigenvalue weighted by molar-refractivity contribution is -0.388. The van der Waals surface area contributed by atoms with Gasteiger partial charge in [0.05, 0.1) is 4.92 Å². The lowest BCUT2D eigenvalue weighted by Gasteiger charge is -2.10. The summed E-state index contributed by atoms with van der Waals surface area (Å²) in [4.78, 5) is 9.88. The van der Waals surface area contributed by atoms with E-state index in [4.69, 9.17) is 28.3 Å². The van der Waals surface area contributed by atoms with Gasteiger partial charge in [-0.1, -0.05) is 6.07 Å². The van der Waals surface area contributed by atoms with Crippen LogP contribution in [0.3, 0.4) is 0 Å². The van der Waals surface area contributed by atoms with Gasteiger partial charge in [0.25, 0.3) is 5.69 Å². The van der Waals surface area contributed by atoms with E-state index in [1.54, 1.807) is 0 Å². The van der Waals surface area contributed by atoms with Gasteiger partial charge >= 0.3 is 0 Å². The summed E-state index contributed by atoms with van der Waals surface area (Å²) >= 11 is 11.2. The van der Waals surface area contributed by atoms with Crippen LogP contribution in [0.5, 0.6) is 0 Å². The first kappa shape index (κ1) is 16.2. The molecule has 0 aliphatic heterocycles. The highest BCUT2D eigenvalue weighted by atomic mass is 35.5. The molecule has 1 aromatic carbocycles. The molecule has 0 saturated heterocycles. The Morgan fingerprint density at radius 1 is 1.21 bits per heavy atom. The Kier molecular flexibility index (Phi) is 5.54. The molecule has 0 fully saturated rings. The van der Waals surface area contributed by atoms with E-state index < -0.39 is 25.5 Å². The number of halogens is 2. The van der Waals surface area contributed by atoms with Crippen LogP contribution in [0.15, 0.2) is 17.0 Å². The van der Waals surface area contributed by atoms with Gasteiger partial charge < -0.3 is 0 Å². The number of sulfonamides is 1. The van der Waals surface area contributed by atoms with Gasteiger partial charge in [-0.3, -0.25) is 10.1 Å². The zero-order valence-electron chi connectivity index (χ0n) is 9.80. The summed E-state index contributed by atoms with van der Waals surface area (Å²) in [7, 11) is -4.17. The number of nitrogens with zero attached hydrogens (tertiary/aromatic N) is 1. The van der Waals surface area contributed by atoms with Crippen molar-refractivity contribution in [2.45, 2.75) is 17.7 Å². The van der Waals surface area contributed by atoms with Gasteiger partial charge in [-0.05, 0) is 24.5 Å². The first-order valence-corrected chi connectivity index (χ1v) is 7.88. The largest absolute Gasteiger partial charge is 0.292 e. The van der Waals surface area contributed by atoms with Crippen LogP contribution in [0.25, 0.3) is 0 Å². The van der Waals surface area contributed by atoms with E-state index in [0.29, 0.717) is 12.0 Å². The zero-order valence-corrected chi connectivity index (χ0v) is 12.1. The van der Waals surface area contributed by atoms with E-state index in [1.165, 1.54) is 6.07 Å². The van der Waals surface area contributed by atoms with Crippen molar-refractivity contribution in [1.82, 2.24) is 0 Å². The molecule has 0 aliphatic rings. The van der Waals surface area contributed by atoms with Crippen LogP contribution in [0.1, 0.15) is 11.1 Å². The Bertz CT molecular complexity index is 589. The average molecular weight is 327 g/mol. The van der Waals surface area contributed by atoms with Gasteiger partial charge in [-0.2, -0.15) is 0 Å². The molecule has 0 atom stereocenters. The van der Waals surface area contributed by atoms with Crippen molar-refractivity contribution >= 4 is 38.9 Å². The Morgan fingerprint density at radius 3 is 2.21 bits per heavy atom. The third kappa shape index (κ3) is 3.79. The number of benzene rings is 1. The van der Waals surface area contributed by atoms with E-state index in [0.717, 1.165) is 6.07 Å². The topological polar surface area (TPSA) is 103 Å². The third-order valence-corrected chi connectivity index (χ3v) is 3.86. The second kappa shape index (κ2) is 6.51. The molecule has 9 heteroatoms. The fourth-order valence-corrected chi connectivity index (χ4v) is 2.91. The van der Waals surface area contributed by atoms with Gasteiger partial charge in [0, 0.05) is 17.3 Å². The molecular weight excluding hydrogens is 315 g/mol. The molecule has 1 rings (SSSR count). The fourth-order valence-electron chi connectivity index (χ4n) is 1.80. The number of nitrogens with two attached hydrogens (primary N) is 1. The number of nitro groups is 1. The molecule has 2 N–H and O–H groups in total. The van der Waals surface area contributed by atoms with Gasteiger partial charge in [-0.15, -0.1) is 23.2 Å². The van der Waals surface area contributed by atoms with Crippen LogP contribution in [-0.4, -0.2) is 25.1 Å². The highest BCUT2D eigenvalue weighted by Gasteiger charge is 2.28. The molecule has 19 heavy (non-hydrogen) atoms. The number of nitro benzene ring substituents is 1. The highest BCUT2D eigenvalue weighted by molar-refractivity contribution is 7.89. The standard InChI is InChI=1S/C10H12Cl2N2O4S/c11-5-3-7-1-2-9(19(13,17)18)10(14(15)16)8(7)4-6-12/h1-2H,3-6H2,(H2,13,17,18). The Balaban J connectivity index is 3.63. The minimum atomic E-state index is -4.17. The maximum Gasteiger partial charge on any atom is 0.292 e. The van der Waals surface area contributed by atoms with Crippen LogP contribution in [0.2, 0.25) is 0 Å². The van der Waals surface area contributed by atoms with Crippen LogP contribution in [0, 0.1) is 10.1 Å². The quantitative estimate of drug-likeness (QED) is 0.489. The Hall–Kier alpha value is -0.890. The number of hydrogen-bond donors (Lipinski definition) is 1. The Morgan fingerprint density at radius 2 is 1.79 bits per heavy atom. The van der Waals surface area contributed by atoms with Crippen molar-refractivity contribution in [1.29, 1.82) is 0 Å². The summed E-state index contributed by atoms with van der Waals surface area (Å²) in [5.74, 6) is 0.394. The molecule has 0 aliphatic carbocycles. The van der Waals surface area contributed by atoms with Crippen molar-refractivity contribution in [3.63, 3.8) is 0 Å². The van der Waals surface area contributed by atoms with Crippen LogP contribution >= 0.6 is 23.2 Å². The summed E-state index contributed by atoms with van der Waals surface area (Å²) in [6.07, 6.45) is 0.562. The molecule has 0 unspecified atom stereocenters. The molecule has 106 valence electrons. The van der Waals surface area contributed by atoms with E-state index in [-0.39, 0.29) is 23.7 Å². The molecule has 6 nitrogen and oxygen atoms in total. The number of primary sulfonamides is 1. The SMILES string of the molecule is NS(=O)(=O)c1ccc(CCCl)c(CCCl)c1[N+](=O)[O-]. The smallest absolute Gasteiger partial charge is 0.258 e. The van der Waals surface area contributed by atoms with Crippen LogP contribution < -0.4 is 5.14 Å². The van der Waals surface area contributed by atoms with Gasteiger partial charge in [0.15, 0.2) is 4.90 Å². The lowest BCUT2D eigenvalue weighted by Crippen LogP contribution is -2.16. The van der Waals surface area contributed by atoms with E-state index in [2.05, 4.69) is 0 Å². The summed E-state index contributed by atoms with van der Waals surface area (Å²) in [5.41, 5.74) is 0.368. The lowest BCUT2D eigenvalue weighted by atomic mass is 10.0. The summed E-state index contributed by atoms with van der Waals surface area (Å²) < 4.78 is 22.8. The molecule has 0 heterocycles. The van der Waals surface area contributed by atoms with Crippen molar-refractivity contribution in [2.75, 3.05) is 11.8 Å². The molecule has 0 amide bonds. The van der Waals surface area contributed by atoms with E-state index >= 15 is 0 Å². The zero-order chi connectivity index (χ0) is 14.6. The molecule has 0 bridgehead atoms. The molecule has 0 aromatic heterocycles. The van der Waals surface area contributed by atoms with Gasteiger partial charge in [0.1, 0.15) is 0 Å². The maximum absolute atomic E-state index is 11.4. The van der Waals surface area contributed by atoms with Gasteiger partial charge in [-0.25, -0.2) is 13.6 Å². The highest BCUT2D eigenvalue weighted by Crippen LogP contribution is 2.31. The number of rotatable bonds is 6. The van der Waals surface area contributed by atoms with Crippen molar-refractivity contribution < 1.29 is 13.3 Å². The first-order valence-electron chi connectivity index (χ1n) is 5.26. The Labute approximate surface area is 120 Å². The summed E-state index contributed by atoms with van der Waals surface area (Å²) in [6, 6.07) is 2.62. The summed E-state index contributed by atoms with van der Waals surface area (Å²) in [5, 5.41) is 16.1. The normalized spacial score (nSPS) is 11.5. The third-order valence-electron chi connectivity index (χ3n) is 2.54. The van der Waals surface area contributed by atoms with Crippen molar-refractivity contribution in [3.8, 4) is 0 Å².